The number of benzene rings is 1. The molecule has 98 valence electrons. The monoisotopic (exact) mass is 259 g/mol. The molecule has 0 saturated carbocycles. The number of hydrogen-bond acceptors (Lipinski definition) is 3. The third-order valence-electron chi connectivity index (χ3n) is 2.66. The average molecular weight is 259 g/mol. The van der Waals surface area contributed by atoms with Crippen LogP contribution in [0.15, 0.2) is 36.7 Å². The van der Waals surface area contributed by atoms with E-state index in [1.165, 1.54) is 6.07 Å². The average Bonchev–Trinajstić information content (AvgIpc) is 2.85. The van der Waals surface area contributed by atoms with E-state index in [0.29, 0.717) is 6.54 Å². The standard InChI is InChI=1S/C13H13N3O3/c14-12(17)4-5-16-8-11(7-15-16)9-2-1-3-10(6-9)13(18)19/h1-3,6-8H,4-5H2,(H2,14,17)(H,18,19). The lowest BCUT2D eigenvalue weighted by atomic mass is 10.1. The van der Waals surface area contributed by atoms with Crippen molar-refractivity contribution in [2.24, 2.45) is 5.73 Å². The molecule has 19 heavy (non-hydrogen) atoms. The van der Waals surface area contributed by atoms with Gasteiger partial charge in [-0.25, -0.2) is 4.79 Å². The third kappa shape index (κ3) is 3.19. The second-order valence-corrected chi connectivity index (χ2v) is 4.09. The number of nitrogens with two attached hydrogens (primary N) is 1. The molecule has 0 spiro atoms. The normalized spacial score (nSPS) is 10.3. The van der Waals surface area contributed by atoms with Gasteiger partial charge in [0.1, 0.15) is 0 Å². The molecule has 0 fully saturated rings. The predicted octanol–water partition coefficient (Wildman–Crippen LogP) is 1.12. The van der Waals surface area contributed by atoms with Gasteiger partial charge in [-0.2, -0.15) is 5.10 Å². The van der Waals surface area contributed by atoms with Crippen molar-refractivity contribution >= 4 is 11.9 Å². The summed E-state index contributed by atoms with van der Waals surface area (Å²) >= 11 is 0. The maximum absolute atomic E-state index is 10.9. The Morgan fingerprint density at radius 1 is 1.32 bits per heavy atom. The van der Waals surface area contributed by atoms with Crippen molar-refractivity contribution < 1.29 is 14.7 Å². The highest BCUT2D eigenvalue weighted by Gasteiger charge is 2.07. The number of amides is 1. The molecule has 6 nitrogen and oxygen atoms in total. The number of hydrogen-bond donors (Lipinski definition) is 2. The Kier molecular flexibility index (Phi) is 3.61. The van der Waals surface area contributed by atoms with Crippen LogP contribution in [0.4, 0.5) is 0 Å². The first-order valence-corrected chi connectivity index (χ1v) is 5.71. The second-order valence-electron chi connectivity index (χ2n) is 4.09. The molecule has 2 aromatic rings. The molecule has 0 bridgehead atoms. The Hall–Kier alpha value is -2.63. The van der Waals surface area contributed by atoms with Crippen LogP contribution < -0.4 is 5.73 Å². The minimum Gasteiger partial charge on any atom is -0.478 e. The first-order valence-electron chi connectivity index (χ1n) is 5.71. The zero-order valence-corrected chi connectivity index (χ0v) is 10.1. The number of carbonyl (C=O) groups is 2. The van der Waals surface area contributed by atoms with Crippen molar-refractivity contribution in [3.8, 4) is 11.1 Å². The summed E-state index contributed by atoms with van der Waals surface area (Å²) < 4.78 is 1.60. The number of carboxylic acid groups (broad SMARTS) is 1. The number of rotatable bonds is 5. The smallest absolute Gasteiger partial charge is 0.335 e. The van der Waals surface area contributed by atoms with Gasteiger partial charge in [0.2, 0.25) is 5.91 Å². The van der Waals surface area contributed by atoms with Crippen molar-refractivity contribution in [2.45, 2.75) is 13.0 Å². The van der Waals surface area contributed by atoms with Crippen LogP contribution in [0.3, 0.4) is 0 Å². The number of aryl methyl sites for hydroxylation is 1. The molecule has 1 amide bonds. The van der Waals surface area contributed by atoms with E-state index in [0.717, 1.165) is 11.1 Å². The van der Waals surface area contributed by atoms with Gasteiger partial charge >= 0.3 is 5.97 Å². The van der Waals surface area contributed by atoms with E-state index < -0.39 is 5.97 Å². The summed E-state index contributed by atoms with van der Waals surface area (Å²) in [7, 11) is 0. The van der Waals surface area contributed by atoms with Gasteiger partial charge < -0.3 is 10.8 Å². The Balaban J connectivity index is 2.20. The lowest BCUT2D eigenvalue weighted by Gasteiger charge is -2.00. The summed E-state index contributed by atoms with van der Waals surface area (Å²) in [5, 5.41) is 13.0. The van der Waals surface area contributed by atoms with Crippen molar-refractivity contribution in [3.63, 3.8) is 0 Å². The lowest BCUT2D eigenvalue weighted by molar-refractivity contribution is -0.118. The maximum Gasteiger partial charge on any atom is 0.335 e. The number of nitrogens with zero attached hydrogens (tertiary/aromatic N) is 2. The minimum atomic E-state index is -0.969. The van der Waals surface area contributed by atoms with E-state index >= 15 is 0 Å². The van der Waals surface area contributed by atoms with Crippen molar-refractivity contribution in [1.29, 1.82) is 0 Å². The minimum absolute atomic E-state index is 0.219. The molecule has 0 aliphatic carbocycles. The van der Waals surface area contributed by atoms with E-state index in [9.17, 15) is 9.59 Å². The molecule has 0 atom stereocenters. The molecule has 2 rings (SSSR count). The van der Waals surface area contributed by atoms with Gasteiger partial charge in [-0.15, -0.1) is 0 Å². The number of carboxylic acids is 1. The Morgan fingerprint density at radius 3 is 2.79 bits per heavy atom. The fourth-order valence-corrected chi connectivity index (χ4v) is 1.69. The molecule has 0 radical (unpaired) electrons. The third-order valence-corrected chi connectivity index (χ3v) is 2.66. The first-order chi connectivity index (χ1) is 9.06. The molecule has 0 unspecified atom stereocenters. The molecule has 0 saturated heterocycles. The SMILES string of the molecule is NC(=O)CCn1cc(-c2cccc(C(=O)O)c2)cn1. The highest BCUT2D eigenvalue weighted by atomic mass is 16.4. The lowest BCUT2D eigenvalue weighted by Crippen LogP contribution is -2.13. The van der Waals surface area contributed by atoms with Crippen LogP contribution in [-0.2, 0) is 11.3 Å². The molecule has 1 aromatic heterocycles. The van der Waals surface area contributed by atoms with E-state index in [-0.39, 0.29) is 17.9 Å². The van der Waals surface area contributed by atoms with Crippen LogP contribution >= 0.6 is 0 Å². The quantitative estimate of drug-likeness (QED) is 0.840. The second kappa shape index (κ2) is 5.34. The van der Waals surface area contributed by atoms with Crippen LogP contribution in [0.5, 0.6) is 0 Å². The van der Waals surface area contributed by atoms with Crippen molar-refractivity contribution in [1.82, 2.24) is 9.78 Å². The molecule has 6 heteroatoms. The molecular weight excluding hydrogens is 246 g/mol. The van der Waals surface area contributed by atoms with Crippen LogP contribution in [0.2, 0.25) is 0 Å². The first kappa shape index (κ1) is 12.8. The number of primary amides is 1. The molecule has 0 aliphatic rings. The fourth-order valence-electron chi connectivity index (χ4n) is 1.69. The van der Waals surface area contributed by atoms with E-state index in [2.05, 4.69) is 5.10 Å². The van der Waals surface area contributed by atoms with E-state index in [4.69, 9.17) is 10.8 Å². The van der Waals surface area contributed by atoms with E-state index in [1.54, 1.807) is 29.2 Å². The Morgan fingerprint density at radius 2 is 2.11 bits per heavy atom. The number of aromatic nitrogens is 2. The van der Waals surface area contributed by atoms with Gasteiger partial charge in [0, 0.05) is 24.7 Å². The fraction of sp³-hybridized carbons (Fsp3) is 0.154. The summed E-state index contributed by atoms with van der Waals surface area (Å²) in [6.07, 6.45) is 3.60. The van der Waals surface area contributed by atoms with Gasteiger partial charge in [0.05, 0.1) is 11.8 Å². The van der Waals surface area contributed by atoms with E-state index in [1.807, 2.05) is 6.07 Å². The van der Waals surface area contributed by atoms with Crippen LogP contribution in [0.1, 0.15) is 16.8 Å². The molecular formula is C13H13N3O3. The molecule has 3 N–H and O–H groups in total. The zero-order chi connectivity index (χ0) is 13.8. The number of carbonyl (C=O) groups excluding carboxylic acids is 1. The largest absolute Gasteiger partial charge is 0.478 e. The Labute approximate surface area is 109 Å². The molecule has 0 aliphatic heterocycles. The summed E-state index contributed by atoms with van der Waals surface area (Å²) in [6, 6.07) is 6.60. The number of aromatic carboxylic acids is 1. The van der Waals surface area contributed by atoms with Crippen LogP contribution in [-0.4, -0.2) is 26.8 Å². The summed E-state index contributed by atoms with van der Waals surface area (Å²) in [5.74, 6) is -1.35. The maximum atomic E-state index is 10.9. The van der Waals surface area contributed by atoms with Crippen LogP contribution in [0, 0.1) is 0 Å². The highest BCUT2D eigenvalue weighted by Crippen LogP contribution is 2.19. The zero-order valence-electron chi connectivity index (χ0n) is 10.1. The summed E-state index contributed by atoms with van der Waals surface area (Å²) in [5.41, 5.74) is 6.86. The summed E-state index contributed by atoms with van der Waals surface area (Å²) in [4.78, 5) is 21.6. The highest BCUT2D eigenvalue weighted by molar-refractivity contribution is 5.89. The molecule has 1 aromatic carbocycles. The van der Waals surface area contributed by atoms with Crippen molar-refractivity contribution in [3.05, 3.63) is 42.2 Å². The van der Waals surface area contributed by atoms with Crippen LogP contribution in [0.25, 0.3) is 11.1 Å². The van der Waals surface area contributed by atoms with Gasteiger partial charge in [-0.1, -0.05) is 12.1 Å². The summed E-state index contributed by atoms with van der Waals surface area (Å²) in [6.45, 7) is 0.411. The van der Waals surface area contributed by atoms with Gasteiger partial charge in [0.25, 0.3) is 0 Å². The van der Waals surface area contributed by atoms with Gasteiger partial charge in [0.15, 0.2) is 0 Å². The Bertz CT molecular complexity index is 619. The van der Waals surface area contributed by atoms with Gasteiger partial charge in [-0.05, 0) is 17.7 Å². The molecule has 1 heterocycles. The topological polar surface area (TPSA) is 98.2 Å². The van der Waals surface area contributed by atoms with Crippen molar-refractivity contribution in [2.75, 3.05) is 0 Å². The van der Waals surface area contributed by atoms with Gasteiger partial charge in [-0.3, -0.25) is 9.48 Å². The predicted molar refractivity (Wildman–Crippen MR) is 68.4 cm³/mol.